The van der Waals surface area contributed by atoms with Crippen molar-refractivity contribution in [2.45, 2.75) is 24.8 Å². The van der Waals surface area contributed by atoms with E-state index in [9.17, 15) is 17.6 Å². The van der Waals surface area contributed by atoms with Crippen molar-refractivity contribution in [3.8, 4) is 0 Å². The quantitative estimate of drug-likeness (QED) is 0.858. The van der Waals surface area contributed by atoms with Crippen LogP contribution >= 0.6 is 0 Å². The van der Waals surface area contributed by atoms with Crippen molar-refractivity contribution < 1.29 is 27.4 Å². The van der Waals surface area contributed by atoms with E-state index in [1.54, 1.807) is 0 Å². The molecule has 0 bridgehead atoms. The Morgan fingerprint density at radius 3 is 2.43 bits per heavy atom. The minimum Gasteiger partial charge on any atom is -0.481 e. The molecule has 116 valence electrons. The summed E-state index contributed by atoms with van der Waals surface area (Å²) in [6.45, 7) is 2.94. The second kappa shape index (κ2) is 5.70. The summed E-state index contributed by atoms with van der Waals surface area (Å²) in [5.74, 6) is -2.56. The molecule has 1 fully saturated rings. The molecule has 2 N–H and O–H groups in total. The molecule has 2 rings (SSSR count). The van der Waals surface area contributed by atoms with Crippen LogP contribution in [0.15, 0.2) is 17.0 Å². The summed E-state index contributed by atoms with van der Waals surface area (Å²) >= 11 is 0. The van der Waals surface area contributed by atoms with Crippen LogP contribution in [0.1, 0.15) is 11.1 Å². The van der Waals surface area contributed by atoms with Gasteiger partial charge in [-0.05, 0) is 37.1 Å². The van der Waals surface area contributed by atoms with Crippen molar-refractivity contribution in [3.63, 3.8) is 0 Å². The van der Waals surface area contributed by atoms with Gasteiger partial charge in [0.1, 0.15) is 5.82 Å². The molecule has 6 nitrogen and oxygen atoms in total. The Kier molecular flexibility index (Phi) is 4.31. The van der Waals surface area contributed by atoms with E-state index in [4.69, 9.17) is 9.84 Å². The molecule has 1 heterocycles. The van der Waals surface area contributed by atoms with Crippen LogP contribution in [0.5, 0.6) is 0 Å². The van der Waals surface area contributed by atoms with Gasteiger partial charge in [-0.2, -0.15) is 0 Å². The van der Waals surface area contributed by atoms with Crippen molar-refractivity contribution in [1.82, 2.24) is 4.72 Å². The molecule has 0 spiro atoms. The first-order valence-electron chi connectivity index (χ1n) is 6.32. The van der Waals surface area contributed by atoms with E-state index in [2.05, 4.69) is 4.72 Å². The number of aliphatic carboxylic acids is 1. The lowest BCUT2D eigenvalue weighted by Crippen LogP contribution is -2.43. The molecule has 1 saturated heterocycles. The maximum atomic E-state index is 13.3. The molecular formula is C13H16FNO5S. The summed E-state index contributed by atoms with van der Waals surface area (Å²) < 4.78 is 45.5. The van der Waals surface area contributed by atoms with Gasteiger partial charge in [-0.3, -0.25) is 4.79 Å². The van der Waals surface area contributed by atoms with Crippen LogP contribution in [0.3, 0.4) is 0 Å². The standard InChI is InChI=1S/C13H16FNO5S/c1-7-3-9(14)4-8(2)12(7)21(18,19)15-11-6-20-5-10(11)13(16)17/h3-4,10-11,15H,5-6H2,1-2H3,(H,16,17)/t10-,11+/m0/s1. The van der Waals surface area contributed by atoms with Crippen LogP contribution < -0.4 is 4.72 Å². The molecule has 1 aromatic rings. The van der Waals surface area contributed by atoms with E-state index < -0.39 is 33.8 Å². The van der Waals surface area contributed by atoms with Crippen molar-refractivity contribution in [3.05, 3.63) is 29.1 Å². The number of halogens is 1. The topological polar surface area (TPSA) is 92.7 Å². The van der Waals surface area contributed by atoms with Gasteiger partial charge in [0, 0.05) is 0 Å². The van der Waals surface area contributed by atoms with E-state index in [0.717, 1.165) is 12.1 Å². The molecule has 1 aromatic carbocycles. The molecule has 0 amide bonds. The van der Waals surface area contributed by atoms with Crippen LogP contribution in [0.4, 0.5) is 4.39 Å². The number of carbonyl (C=O) groups is 1. The highest BCUT2D eigenvalue weighted by atomic mass is 32.2. The summed E-state index contributed by atoms with van der Waals surface area (Å²) in [6.07, 6.45) is 0. The van der Waals surface area contributed by atoms with Gasteiger partial charge < -0.3 is 9.84 Å². The van der Waals surface area contributed by atoms with Crippen LogP contribution in [0, 0.1) is 25.6 Å². The fourth-order valence-corrected chi connectivity index (χ4v) is 4.21. The molecule has 21 heavy (non-hydrogen) atoms. The zero-order chi connectivity index (χ0) is 15.8. The summed E-state index contributed by atoms with van der Waals surface area (Å²) in [7, 11) is -3.95. The number of hydrogen-bond acceptors (Lipinski definition) is 4. The number of hydrogen-bond donors (Lipinski definition) is 2. The monoisotopic (exact) mass is 317 g/mol. The summed E-state index contributed by atoms with van der Waals surface area (Å²) in [6, 6.07) is 1.42. The van der Waals surface area contributed by atoms with Gasteiger partial charge in [0.05, 0.1) is 30.1 Å². The Morgan fingerprint density at radius 1 is 1.33 bits per heavy atom. The third kappa shape index (κ3) is 3.22. The van der Waals surface area contributed by atoms with Gasteiger partial charge in [-0.15, -0.1) is 0 Å². The van der Waals surface area contributed by atoms with Gasteiger partial charge in [-0.1, -0.05) is 0 Å². The number of aryl methyl sites for hydroxylation is 2. The highest BCUT2D eigenvalue weighted by molar-refractivity contribution is 7.89. The SMILES string of the molecule is Cc1cc(F)cc(C)c1S(=O)(=O)N[C@@H]1COC[C@@H]1C(=O)O. The zero-order valence-corrected chi connectivity index (χ0v) is 12.4. The summed E-state index contributed by atoms with van der Waals surface area (Å²) in [4.78, 5) is 11.0. The fourth-order valence-electron chi connectivity index (χ4n) is 2.49. The third-order valence-corrected chi connectivity index (χ3v) is 5.19. The first-order valence-corrected chi connectivity index (χ1v) is 7.80. The molecule has 8 heteroatoms. The van der Waals surface area contributed by atoms with Gasteiger partial charge in [-0.25, -0.2) is 17.5 Å². The first-order chi connectivity index (χ1) is 9.72. The lowest BCUT2D eigenvalue weighted by atomic mass is 10.1. The molecule has 0 radical (unpaired) electrons. The predicted octanol–water partition coefficient (Wildman–Crippen LogP) is 0.820. The fraction of sp³-hybridized carbons (Fsp3) is 0.462. The predicted molar refractivity (Wildman–Crippen MR) is 71.9 cm³/mol. The van der Waals surface area contributed by atoms with Crippen LogP contribution in [-0.2, 0) is 19.6 Å². The third-order valence-electron chi connectivity index (χ3n) is 3.40. The van der Waals surface area contributed by atoms with E-state index in [1.165, 1.54) is 13.8 Å². The minimum atomic E-state index is -3.95. The zero-order valence-electron chi connectivity index (χ0n) is 11.6. The Labute approximate surface area is 122 Å². The van der Waals surface area contributed by atoms with Gasteiger partial charge >= 0.3 is 5.97 Å². The van der Waals surface area contributed by atoms with Gasteiger partial charge in [0.2, 0.25) is 10.0 Å². The molecular weight excluding hydrogens is 301 g/mol. The molecule has 1 aliphatic heterocycles. The number of rotatable bonds is 4. The highest BCUT2D eigenvalue weighted by Gasteiger charge is 2.37. The van der Waals surface area contributed by atoms with Gasteiger partial charge in [0.15, 0.2) is 0 Å². The Balaban J connectivity index is 2.33. The highest BCUT2D eigenvalue weighted by Crippen LogP contribution is 2.23. The number of ether oxygens (including phenoxy) is 1. The Morgan fingerprint density at radius 2 is 1.90 bits per heavy atom. The molecule has 2 atom stereocenters. The molecule has 1 aliphatic rings. The number of carboxylic acids is 1. The molecule has 0 aromatic heterocycles. The normalized spacial score (nSPS) is 22.4. The average Bonchev–Trinajstić information content (AvgIpc) is 2.73. The number of benzene rings is 1. The largest absolute Gasteiger partial charge is 0.481 e. The van der Waals surface area contributed by atoms with Crippen molar-refractivity contribution in [2.24, 2.45) is 5.92 Å². The van der Waals surface area contributed by atoms with Crippen molar-refractivity contribution in [1.29, 1.82) is 0 Å². The van der Waals surface area contributed by atoms with Crippen molar-refractivity contribution in [2.75, 3.05) is 13.2 Å². The maximum absolute atomic E-state index is 13.3. The maximum Gasteiger partial charge on any atom is 0.310 e. The Bertz CT molecular complexity index is 650. The smallest absolute Gasteiger partial charge is 0.310 e. The number of sulfonamides is 1. The number of nitrogens with one attached hydrogen (secondary N) is 1. The average molecular weight is 317 g/mol. The Hall–Kier alpha value is -1.51. The first kappa shape index (κ1) is 15.9. The minimum absolute atomic E-state index is 0.00448. The van der Waals surface area contributed by atoms with Crippen LogP contribution in [0.2, 0.25) is 0 Å². The molecule has 0 unspecified atom stereocenters. The molecule has 0 saturated carbocycles. The summed E-state index contributed by atoms with van der Waals surface area (Å²) in [5.41, 5.74) is 0.539. The van der Waals surface area contributed by atoms with E-state index in [-0.39, 0.29) is 29.2 Å². The van der Waals surface area contributed by atoms with E-state index in [1.807, 2.05) is 0 Å². The lowest BCUT2D eigenvalue weighted by molar-refractivity contribution is -0.142. The second-order valence-electron chi connectivity index (χ2n) is 5.08. The number of carboxylic acid groups (broad SMARTS) is 1. The van der Waals surface area contributed by atoms with E-state index in [0.29, 0.717) is 0 Å². The van der Waals surface area contributed by atoms with E-state index >= 15 is 0 Å². The molecule has 0 aliphatic carbocycles. The lowest BCUT2D eigenvalue weighted by Gasteiger charge is -2.18. The second-order valence-corrected chi connectivity index (χ2v) is 6.73. The van der Waals surface area contributed by atoms with Crippen LogP contribution in [-0.4, -0.2) is 38.7 Å². The van der Waals surface area contributed by atoms with Gasteiger partial charge in [0.25, 0.3) is 0 Å². The van der Waals surface area contributed by atoms with Crippen LogP contribution in [0.25, 0.3) is 0 Å². The summed E-state index contributed by atoms with van der Waals surface area (Å²) in [5, 5.41) is 9.03. The van der Waals surface area contributed by atoms with Crippen molar-refractivity contribution >= 4 is 16.0 Å².